The second-order valence-corrected chi connectivity index (χ2v) is 4.19. The maximum atomic E-state index is 11.6. The lowest BCUT2D eigenvalue weighted by atomic mass is 10.0. The lowest BCUT2D eigenvalue weighted by molar-refractivity contribution is 0.0693. The van der Waals surface area contributed by atoms with Gasteiger partial charge in [0.05, 0.1) is 11.8 Å². The zero-order valence-corrected chi connectivity index (χ0v) is 9.69. The van der Waals surface area contributed by atoms with Crippen LogP contribution in [0.15, 0.2) is 4.79 Å². The topological polar surface area (TPSA) is 92.3 Å². The maximum Gasteiger partial charge on any atom is 0.343 e. The first kappa shape index (κ1) is 11.8. The summed E-state index contributed by atoms with van der Waals surface area (Å²) >= 11 is 0. The van der Waals surface area contributed by atoms with Crippen LogP contribution in [0.5, 0.6) is 0 Å². The molecule has 2 N–H and O–H groups in total. The molecule has 2 rings (SSSR count). The fraction of sp³-hybridized carbons (Fsp3) is 0.545. The van der Waals surface area contributed by atoms with Crippen molar-refractivity contribution in [2.75, 3.05) is 6.61 Å². The molecule has 17 heavy (non-hydrogen) atoms. The molecule has 1 aromatic heterocycles. The number of carbonyl (C=O) groups is 1. The molecule has 1 fully saturated rings. The number of aromatic nitrogens is 2. The molecule has 2 unspecified atom stereocenters. The van der Waals surface area contributed by atoms with Gasteiger partial charge >= 0.3 is 5.97 Å². The Morgan fingerprint density at radius 2 is 2.29 bits per heavy atom. The molecule has 0 amide bonds. The number of hydrogen-bond acceptors (Lipinski definition) is 4. The predicted octanol–water partition coefficient (Wildman–Crippen LogP) is 0.669. The van der Waals surface area contributed by atoms with Crippen LogP contribution in [0.2, 0.25) is 0 Å². The van der Waals surface area contributed by atoms with Crippen LogP contribution < -0.4 is 5.56 Å². The quantitative estimate of drug-likeness (QED) is 0.790. The van der Waals surface area contributed by atoms with Gasteiger partial charge in [-0.1, -0.05) is 0 Å². The van der Waals surface area contributed by atoms with Gasteiger partial charge in [0.25, 0.3) is 5.56 Å². The molecule has 6 nitrogen and oxygen atoms in total. The van der Waals surface area contributed by atoms with Crippen LogP contribution >= 0.6 is 0 Å². The number of ether oxygens (including phenoxy) is 1. The van der Waals surface area contributed by atoms with Crippen molar-refractivity contribution in [1.82, 2.24) is 9.97 Å². The van der Waals surface area contributed by atoms with Crippen molar-refractivity contribution in [3.05, 3.63) is 27.4 Å². The minimum absolute atomic E-state index is 0.00627. The van der Waals surface area contributed by atoms with Crippen molar-refractivity contribution in [2.24, 2.45) is 0 Å². The second-order valence-electron chi connectivity index (χ2n) is 4.19. The molecular weight excluding hydrogens is 224 g/mol. The molecule has 92 valence electrons. The van der Waals surface area contributed by atoms with Gasteiger partial charge < -0.3 is 14.8 Å². The fourth-order valence-electron chi connectivity index (χ4n) is 2.13. The molecule has 6 heteroatoms. The Morgan fingerprint density at radius 1 is 1.59 bits per heavy atom. The Labute approximate surface area is 97.7 Å². The SMILES string of the molecule is Cc1nc(C2CCOC2C)[nH]c(=O)c1C(=O)O. The first-order chi connectivity index (χ1) is 8.00. The number of nitrogens with one attached hydrogen (secondary N) is 1. The second kappa shape index (κ2) is 4.29. The van der Waals surface area contributed by atoms with E-state index in [0.717, 1.165) is 6.42 Å². The van der Waals surface area contributed by atoms with E-state index in [1.807, 2.05) is 6.92 Å². The van der Waals surface area contributed by atoms with E-state index in [-0.39, 0.29) is 23.3 Å². The van der Waals surface area contributed by atoms with Gasteiger partial charge in [-0.15, -0.1) is 0 Å². The summed E-state index contributed by atoms with van der Waals surface area (Å²) in [6, 6.07) is 0. The molecule has 0 bridgehead atoms. The van der Waals surface area contributed by atoms with Crippen molar-refractivity contribution >= 4 is 5.97 Å². The minimum atomic E-state index is -1.25. The minimum Gasteiger partial charge on any atom is -0.477 e. The van der Waals surface area contributed by atoms with Gasteiger partial charge in [-0.25, -0.2) is 9.78 Å². The normalized spacial score (nSPS) is 23.9. The van der Waals surface area contributed by atoms with Gasteiger partial charge in [-0.3, -0.25) is 4.79 Å². The molecule has 0 aromatic carbocycles. The Hall–Kier alpha value is -1.69. The van der Waals surface area contributed by atoms with Crippen LogP contribution in [-0.4, -0.2) is 33.8 Å². The highest BCUT2D eigenvalue weighted by atomic mass is 16.5. The average molecular weight is 238 g/mol. The number of hydrogen-bond donors (Lipinski definition) is 2. The number of carboxylic acids is 1. The molecule has 1 saturated heterocycles. The lowest BCUT2D eigenvalue weighted by Gasteiger charge is -2.13. The Bertz CT molecular complexity index is 509. The van der Waals surface area contributed by atoms with Crippen LogP contribution in [0.25, 0.3) is 0 Å². The number of aromatic carboxylic acids is 1. The lowest BCUT2D eigenvalue weighted by Crippen LogP contribution is -2.25. The Balaban J connectivity index is 2.45. The van der Waals surface area contributed by atoms with E-state index in [9.17, 15) is 9.59 Å². The van der Waals surface area contributed by atoms with Crippen molar-refractivity contribution in [3.63, 3.8) is 0 Å². The third-order valence-electron chi connectivity index (χ3n) is 3.06. The van der Waals surface area contributed by atoms with E-state index in [4.69, 9.17) is 9.84 Å². The zero-order valence-electron chi connectivity index (χ0n) is 9.69. The number of aryl methyl sites for hydroxylation is 1. The highest BCUT2D eigenvalue weighted by Gasteiger charge is 2.29. The molecular formula is C11H14N2O4. The number of carboxylic acid groups (broad SMARTS) is 1. The van der Waals surface area contributed by atoms with E-state index in [1.54, 1.807) is 0 Å². The molecule has 1 aliphatic rings. The molecule has 0 radical (unpaired) electrons. The van der Waals surface area contributed by atoms with Gasteiger partial charge in [0.15, 0.2) is 0 Å². The standard InChI is InChI=1S/C11H14N2O4/c1-5-8(11(15)16)10(14)13-9(12-5)7-3-4-17-6(7)2/h6-7H,3-4H2,1-2H3,(H,15,16)(H,12,13,14). The zero-order chi connectivity index (χ0) is 12.6. The Kier molecular flexibility index (Phi) is 2.97. The number of aromatic amines is 1. The highest BCUT2D eigenvalue weighted by Crippen LogP contribution is 2.28. The summed E-state index contributed by atoms with van der Waals surface area (Å²) in [5.74, 6) is -0.703. The monoisotopic (exact) mass is 238 g/mol. The maximum absolute atomic E-state index is 11.6. The molecule has 2 heterocycles. The first-order valence-corrected chi connectivity index (χ1v) is 5.46. The average Bonchev–Trinajstić information content (AvgIpc) is 2.62. The Morgan fingerprint density at radius 3 is 2.76 bits per heavy atom. The van der Waals surface area contributed by atoms with Crippen molar-refractivity contribution < 1.29 is 14.6 Å². The third kappa shape index (κ3) is 2.08. The van der Waals surface area contributed by atoms with Gasteiger partial charge in [-0.05, 0) is 20.3 Å². The van der Waals surface area contributed by atoms with E-state index in [0.29, 0.717) is 12.4 Å². The molecule has 1 aliphatic heterocycles. The molecule has 0 aliphatic carbocycles. The first-order valence-electron chi connectivity index (χ1n) is 5.46. The van der Waals surface area contributed by atoms with E-state index >= 15 is 0 Å². The number of rotatable bonds is 2. The summed E-state index contributed by atoms with van der Waals surface area (Å²) in [5, 5.41) is 8.87. The van der Waals surface area contributed by atoms with E-state index < -0.39 is 11.5 Å². The highest BCUT2D eigenvalue weighted by molar-refractivity contribution is 5.88. The van der Waals surface area contributed by atoms with E-state index in [2.05, 4.69) is 9.97 Å². The molecule has 0 saturated carbocycles. The van der Waals surface area contributed by atoms with Crippen LogP contribution in [-0.2, 0) is 4.74 Å². The smallest absolute Gasteiger partial charge is 0.343 e. The summed E-state index contributed by atoms with van der Waals surface area (Å²) in [7, 11) is 0. The van der Waals surface area contributed by atoms with Crippen LogP contribution in [0.4, 0.5) is 0 Å². The van der Waals surface area contributed by atoms with Crippen LogP contribution in [0.1, 0.15) is 41.1 Å². The van der Waals surface area contributed by atoms with Gasteiger partial charge in [0.2, 0.25) is 0 Å². The number of nitrogens with zero attached hydrogens (tertiary/aromatic N) is 1. The summed E-state index contributed by atoms with van der Waals surface area (Å²) in [4.78, 5) is 29.2. The number of H-pyrrole nitrogens is 1. The van der Waals surface area contributed by atoms with Crippen molar-refractivity contribution in [2.45, 2.75) is 32.3 Å². The van der Waals surface area contributed by atoms with Crippen molar-refractivity contribution in [1.29, 1.82) is 0 Å². The van der Waals surface area contributed by atoms with Gasteiger partial charge in [0.1, 0.15) is 11.4 Å². The summed E-state index contributed by atoms with van der Waals surface area (Å²) in [6.45, 7) is 4.08. The summed E-state index contributed by atoms with van der Waals surface area (Å²) in [5.41, 5.74) is -0.644. The molecule has 0 spiro atoms. The predicted molar refractivity (Wildman–Crippen MR) is 59.3 cm³/mol. The molecule has 2 atom stereocenters. The summed E-state index contributed by atoms with van der Waals surface area (Å²) in [6.07, 6.45) is 0.781. The van der Waals surface area contributed by atoms with Crippen LogP contribution in [0.3, 0.4) is 0 Å². The molecule has 1 aromatic rings. The largest absolute Gasteiger partial charge is 0.477 e. The van der Waals surface area contributed by atoms with Crippen LogP contribution in [0, 0.1) is 6.92 Å². The van der Waals surface area contributed by atoms with Gasteiger partial charge in [0, 0.05) is 12.5 Å². The van der Waals surface area contributed by atoms with Gasteiger partial charge in [-0.2, -0.15) is 0 Å². The third-order valence-corrected chi connectivity index (χ3v) is 3.06. The summed E-state index contributed by atoms with van der Waals surface area (Å²) < 4.78 is 5.40. The van der Waals surface area contributed by atoms with E-state index in [1.165, 1.54) is 6.92 Å². The fourth-order valence-corrected chi connectivity index (χ4v) is 2.13. The van der Waals surface area contributed by atoms with Crippen molar-refractivity contribution in [3.8, 4) is 0 Å².